The van der Waals surface area contributed by atoms with Gasteiger partial charge in [-0.3, -0.25) is 0 Å². The molecule has 0 aliphatic rings. The molecule has 4 nitrogen and oxygen atoms in total. The van der Waals surface area contributed by atoms with E-state index < -0.39 is 10.0 Å². The molecular formula is C16H19BrNO3S. The molecule has 0 spiro atoms. The molecule has 1 aromatic carbocycles. The average molecular weight is 385 g/mol. The summed E-state index contributed by atoms with van der Waals surface area (Å²) in [7, 11) is -2.16. The number of hydrogen-bond acceptors (Lipinski definition) is 3. The van der Waals surface area contributed by atoms with Crippen LogP contribution < -0.4 is 4.74 Å². The molecule has 0 aliphatic carbocycles. The first-order chi connectivity index (χ1) is 10.1. The lowest BCUT2D eigenvalue weighted by Gasteiger charge is -2.16. The third-order valence-corrected chi connectivity index (χ3v) is 5.48. The van der Waals surface area contributed by atoms with Crippen molar-refractivity contribution in [2.24, 2.45) is 5.41 Å². The third kappa shape index (κ3) is 3.73. The Bertz CT molecular complexity index is 773. The fourth-order valence-corrected chi connectivity index (χ4v) is 4.30. The highest BCUT2D eigenvalue weighted by Gasteiger charge is 2.22. The van der Waals surface area contributed by atoms with E-state index in [2.05, 4.69) is 36.7 Å². The minimum atomic E-state index is -3.67. The van der Waals surface area contributed by atoms with Crippen molar-refractivity contribution in [3.8, 4) is 5.75 Å². The number of ether oxygens (including phenoxy) is 1. The molecule has 1 radical (unpaired) electrons. The van der Waals surface area contributed by atoms with Crippen molar-refractivity contribution >= 4 is 26.0 Å². The van der Waals surface area contributed by atoms with Crippen LogP contribution in [0.3, 0.4) is 0 Å². The first kappa shape index (κ1) is 17.1. The van der Waals surface area contributed by atoms with Gasteiger partial charge in [-0.1, -0.05) is 26.8 Å². The molecule has 0 amide bonds. The Morgan fingerprint density at radius 1 is 1.23 bits per heavy atom. The largest absolute Gasteiger partial charge is 0.497 e. The zero-order valence-corrected chi connectivity index (χ0v) is 15.4. The number of hydrogen-bond donors (Lipinski definition) is 0. The van der Waals surface area contributed by atoms with Crippen molar-refractivity contribution in [1.82, 2.24) is 3.97 Å². The van der Waals surface area contributed by atoms with Crippen molar-refractivity contribution in [3.63, 3.8) is 0 Å². The monoisotopic (exact) mass is 384 g/mol. The van der Waals surface area contributed by atoms with E-state index >= 15 is 0 Å². The minimum absolute atomic E-state index is 0.0364. The number of nitrogens with zero attached hydrogens (tertiary/aromatic N) is 1. The van der Waals surface area contributed by atoms with E-state index in [9.17, 15) is 8.42 Å². The van der Waals surface area contributed by atoms with E-state index in [1.54, 1.807) is 30.5 Å². The molecule has 0 bridgehead atoms. The van der Waals surface area contributed by atoms with Crippen LogP contribution in [0.15, 0.2) is 46.0 Å². The SMILES string of the molecule is COc1cccc(S(=O)(=O)n2cc([CH]C(C)(C)C)cc2Br)c1. The van der Waals surface area contributed by atoms with Gasteiger partial charge in [0.25, 0.3) is 10.0 Å². The first-order valence-corrected chi connectivity index (χ1v) is 9.00. The van der Waals surface area contributed by atoms with E-state index in [-0.39, 0.29) is 10.3 Å². The summed E-state index contributed by atoms with van der Waals surface area (Å²) in [6.07, 6.45) is 3.64. The van der Waals surface area contributed by atoms with Crippen LogP contribution >= 0.6 is 15.9 Å². The van der Waals surface area contributed by atoms with E-state index in [1.807, 2.05) is 6.42 Å². The highest BCUT2D eigenvalue weighted by atomic mass is 79.9. The van der Waals surface area contributed by atoms with Gasteiger partial charge in [-0.15, -0.1) is 0 Å². The Kier molecular flexibility index (Phi) is 4.73. The maximum absolute atomic E-state index is 12.8. The van der Waals surface area contributed by atoms with Crippen molar-refractivity contribution in [1.29, 1.82) is 0 Å². The maximum Gasteiger partial charge on any atom is 0.268 e. The van der Waals surface area contributed by atoms with Crippen LogP contribution in [0.25, 0.3) is 0 Å². The lowest BCUT2D eigenvalue weighted by atomic mass is 9.89. The van der Waals surface area contributed by atoms with Crippen LogP contribution in [-0.2, 0) is 10.0 Å². The number of rotatable bonds is 4. The quantitative estimate of drug-likeness (QED) is 0.797. The van der Waals surface area contributed by atoms with Gasteiger partial charge < -0.3 is 4.74 Å². The average Bonchev–Trinajstić information content (AvgIpc) is 2.78. The minimum Gasteiger partial charge on any atom is -0.497 e. The Hall–Kier alpha value is -1.27. The summed E-state index contributed by atoms with van der Waals surface area (Å²) < 4.78 is 32.4. The molecule has 1 aromatic heterocycles. The van der Waals surface area contributed by atoms with Gasteiger partial charge in [0, 0.05) is 12.3 Å². The van der Waals surface area contributed by atoms with E-state index in [0.29, 0.717) is 10.4 Å². The van der Waals surface area contributed by atoms with Gasteiger partial charge in [-0.05, 0) is 51.5 Å². The maximum atomic E-state index is 12.8. The highest BCUT2D eigenvalue weighted by molar-refractivity contribution is 9.10. The summed E-state index contributed by atoms with van der Waals surface area (Å²) in [6.45, 7) is 6.19. The zero-order valence-electron chi connectivity index (χ0n) is 13.0. The number of benzene rings is 1. The number of aromatic nitrogens is 1. The van der Waals surface area contributed by atoms with Gasteiger partial charge in [0.1, 0.15) is 10.4 Å². The molecule has 2 rings (SSSR count). The summed E-state index contributed by atoms with van der Waals surface area (Å²) in [5.41, 5.74) is 0.816. The predicted octanol–water partition coefficient (Wildman–Crippen LogP) is 4.09. The molecule has 1 heterocycles. The summed E-state index contributed by atoms with van der Waals surface area (Å²) in [6, 6.07) is 8.23. The van der Waals surface area contributed by atoms with Crippen molar-refractivity contribution in [3.05, 3.63) is 53.1 Å². The van der Waals surface area contributed by atoms with Crippen LogP contribution in [0, 0.1) is 11.8 Å². The van der Waals surface area contributed by atoms with Crippen LogP contribution in [-0.4, -0.2) is 19.5 Å². The van der Waals surface area contributed by atoms with Gasteiger partial charge in [-0.25, -0.2) is 12.4 Å². The van der Waals surface area contributed by atoms with E-state index in [1.165, 1.54) is 17.1 Å². The van der Waals surface area contributed by atoms with Gasteiger partial charge in [0.05, 0.1) is 12.0 Å². The summed E-state index contributed by atoms with van der Waals surface area (Å²) in [4.78, 5) is 0.186. The molecule has 0 fully saturated rings. The Morgan fingerprint density at radius 3 is 2.50 bits per heavy atom. The Labute approximate surface area is 140 Å². The number of methoxy groups -OCH3 is 1. The van der Waals surface area contributed by atoms with Crippen molar-refractivity contribution in [2.75, 3.05) is 7.11 Å². The summed E-state index contributed by atoms with van der Waals surface area (Å²) >= 11 is 3.33. The summed E-state index contributed by atoms with van der Waals surface area (Å²) in [5.74, 6) is 0.505. The second-order valence-electron chi connectivity index (χ2n) is 6.09. The highest BCUT2D eigenvalue weighted by Crippen LogP contribution is 2.29. The molecular weight excluding hydrogens is 366 g/mol. The summed E-state index contributed by atoms with van der Waals surface area (Å²) in [5, 5.41) is 0. The predicted molar refractivity (Wildman–Crippen MR) is 90.6 cm³/mol. The first-order valence-electron chi connectivity index (χ1n) is 6.77. The smallest absolute Gasteiger partial charge is 0.268 e. The van der Waals surface area contributed by atoms with Crippen LogP contribution in [0.4, 0.5) is 0 Å². The van der Waals surface area contributed by atoms with Crippen LogP contribution in [0.5, 0.6) is 5.75 Å². The lowest BCUT2D eigenvalue weighted by molar-refractivity contribution is 0.413. The molecule has 0 saturated heterocycles. The molecule has 119 valence electrons. The van der Waals surface area contributed by atoms with Gasteiger partial charge in [-0.2, -0.15) is 0 Å². The van der Waals surface area contributed by atoms with Crippen LogP contribution in [0.1, 0.15) is 26.3 Å². The van der Waals surface area contributed by atoms with Crippen molar-refractivity contribution in [2.45, 2.75) is 25.7 Å². The van der Waals surface area contributed by atoms with Gasteiger partial charge >= 0.3 is 0 Å². The lowest BCUT2D eigenvalue weighted by Crippen LogP contribution is -2.12. The topological polar surface area (TPSA) is 48.3 Å². The molecule has 0 aliphatic heterocycles. The molecule has 0 saturated carbocycles. The Balaban J connectivity index is 2.45. The second-order valence-corrected chi connectivity index (χ2v) is 8.71. The van der Waals surface area contributed by atoms with E-state index in [4.69, 9.17) is 4.74 Å². The Morgan fingerprint density at radius 2 is 1.91 bits per heavy atom. The second kappa shape index (κ2) is 6.08. The zero-order chi connectivity index (χ0) is 16.5. The molecule has 22 heavy (non-hydrogen) atoms. The third-order valence-electron chi connectivity index (χ3n) is 2.96. The van der Waals surface area contributed by atoms with Gasteiger partial charge in [0.2, 0.25) is 0 Å². The standard InChI is InChI=1S/C16H19BrNO3S/c1-16(2,3)10-12-8-15(17)18(11-12)22(19,20)14-7-5-6-13(9-14)21-4/h5-11H,1-4H3. The molecule has 0 unspecified atom stereocenters. The fourth-order valence-electron chi connectivity index (χ4n) is 2.07. The van der Waals surface area contributed by atoms with E-state index in [0.717, 1.165) is 5.56 Å². The molecule has 0 atom stereocenters. The number of halogens is 1. The van der Waals surface area contributed by atoms with Crippen LogP contribution in [0.2, 0.25) is 0 Å². The molecule has 0 N–H and O–H groups in total. The van der Waals surface area contributed by atoms with Crippen molar-refractivity contribution < 1.29 is 13.2 Å². The molecule has 6 heteroatoms. The normalized spacial score (nSPS) is 12.4. The fraction of sp³-hybridized carbons (Fsp3) is 0.312. The molecule has 2 aromatic rings. The van der Waals surface area contributed by atoms with Gasteiger partial charge in [0.15, 0.2) is 0 Å².